The Balaban J connectivity index is 1.60. The molecule has 2 aliphatic rings. The number of aliphatic hydroxyl groups is 1. The van der Waals surface area contributed by atoms with Gasteiger partial charge in [0.05, 0.1) is 18.2 Å². The molecule has 1 atom stereocenters. The normalized spacial score (nSPS) is 24.1. The average molecular weight is 345 g/mol. The van der Waals surface area contributed by atoms with Gasteiger partial charge in [-0.05, 0) is 29.9 Å². The molecule has 1 unspecified atom stereocenters. The molecule has 0 radical (unpaired) electrons. The third-order valence-corrected chi connectivity index (χ3v) is 5.64. The molecular formula is C17H19N3O3S. The standard InChI is InChI=1S/C17H19N3O3S/c18-9-13-1-3-14(4-2-13)10-19-6-7-20(11-15(19)21)16(22)17(23)5-8-24-12-17/h1-4,23H,5-8,10-12H2. The Bertz CT molecular complexity index is 677. The second-order valence-corrected chi connectivity index (χ2v) is 7.29. The largest absolute Gasteiger partial charge is 0.379 e. The van der Waals surface area contributed by atoms with Crippen molar-refractivity contribution in [3.05, 3.63) is 35.4 Å². The van der Waals surface area contributed by atoms with E-state index in [0.717, 1.165) is 11.3 Å². The molecule has 2 saturated heterocycles. The van der Waals surface area contributed by atoms with Crippen LogP contribution in [-0.2, 0) is 16.1 Å². The highest BCUT2D eigenvalue weighted by molar-refractivity contribution is 7.99. The zero-order chi connectivity index (χ0) is 17.2. The number of thioether (sulfide) groups is 1. The molecule has 0 bridgehead atoms. The maximum absolute atomic E-state index is 12.5. The molecule has 0 saturated carbocycles. The van der Waals surface area contributed by atoms with Gasteiger partial charge < -0.3 is 14.9 Å². The quantitative estimate of drug-likeness (QED) is 0.867. The van der Waals surface area contributed by atoms with Crippen molar-refractivity contribution < 1.29 is 14.7 Å². The molecule has 0 aromatic heterocycles. The Hall–Kier alpha value is -2.04. The number of rotatable bonds is 3. The van der Waals surface area contributed by atoms with E-state index in [4.69, 9.17) is 5.26 Å². The van der Waals surface area contributed by atoms with Crippen molar-refractivity contribution >= 4 is 23.6 Å². The van der Waals surface area contributed by atoms with Crippen molar-refractivity contribution in [2.75, 3.05) is 31.1 Å². The number of carbonyl (C=O) groups is 2. The van der Waals surface area contributed by atoms with E-state index in [1.165, 1.54) is 4.90 Å². The Morgan fingerprint density at radius 3 is 2.67 bits per heavy atom. The van der Waals surface area contributed by atoms with Gasteiger partial charge in [-0.25, -0.2) is 0 Å². The zero-order valence-corrected chi connectivity index (χ0v) is 14.1. The third kappa shape index (κ3) is 3.40. The summed E-state index contributed by atoms with van der Waals surface area (Å²) in [7, 11) is 0. The summed E-state index contributed by atoms with van der Waals surface area (Å²) < 4.78 is 0. The summed E-state index contributed by atoms with van der Waals surface area (Å²) in [5.41, 5.74) is 0.233. The predicted octanol–water partition coefficient (Wildman–Crippen LogP) is 0.597. The fourth-order valence-corrected chi connectivity index (χ4v) is 4.20. The lowest BCUT2D eigenvalue weighted by Gasteiger charge is -2.37. The molecule has 0 aliphatic carbocycles. The SMILES string of the molecule is N#Cc1ccc(CN2CCN(C(=O)C3(O)CCSC3)CC2=O)cc1. The van der Waals surface area contributed by atoms with Crippen LogP contribution < -0.4 is 0 Å². The minimum atomic E-state index is -1.31. The van der Waals surface area contributed by atoms with Gasteiger partial charge >= 0.3 is 0 Å². The molecule has 126 valence electrons. The number of nitrogens with zero attached hydrogens (tertiary/aromatic N) is 3. The van der Waals surface area contributed by atoms with Crippen molar-refractivity contribution in [3.63, 3.8) is 0 Å². The monoisotopic (exact) mass is 345 g/mol. The van der Waals surface area contributed by atoms with Gasteiger partial charge in [-0.3, -0.25) is 9.59 Å². The molecule has 2 heterocycles. The Kier molecular flexibility index (Phi) is 4.78. The molecule has 1 aromatic rings. The van der Waals surface area contributed by atoms with E-state index in [0.29, 0.717) is 37.4 Å². The first kappa shape index (κ1) is 16.8. The second kappa shape index (κ2) is 6.83. The number of hydrogen-bond donors (Lipinski definition) is 1. The van der Waals surface area contributed by atoms with Gasteiger partial charge in [-0.1, -0.05) is 12.1 Å². The van der Waals surface area contributed by atoms with Crippen LogP contribution in [0, 0.1) is 11.3 Å². The fraction of sp³-hybridized carbons (Fsp3) is 0.471. The first-order valence-corrected chi connectivity index (χ1v) is 9.04. The van der Waals surface area contributed by atoms with E-state index in [1.807, 2.05) is 12.1 Å². The highest BCUT2D eigenvalue weighted by Crippen LogP contribution is 2.30. The summed E-state index contributed by atoms with van der Waals surface area (Å²) in [6.07, 6.45) is 0.455. The minimum absolute atomic E-state index is 0.0160. The molecule has 1 N–H and O–H groups in total. The van der Waals surface area contributed by atoms with E-state index < -0.39 is 5.60 Å². The second-order valence-electron chi connectivity index (χ2n) is 6.18. The van der Waals surface area contributed by atoms with Crippen molar-refractivity contribution in [2.45, 2.75) is 18.6 Å². The smallest absolute Gasteiger partial charge is 0.255 e. The molecule has 3 rings (SSSR count). The minimum Gasteiger partial charge on any atom is -0.379 e. The van der Waals surface area contributed by atoms with Crippen molar-refractivity contribution in [3.8, 4) is 6.07 Å². The lowest BCUT2D eigenvalue weighted by atomic mass is 10.0. The van der Waals surface area contributed by atoms with E-state index in [1.54, 1.807) is 28.8 Å². The number of benzene rings is 1. The van der Waals surface area contributed by atoms with Crippen molar-refractivity contribution in [1.82, 2.24) is 9.80 Å². The number of piperazine rings is 1. The summed E-state index contributed by atoms with van der Waals surface area (Å²) >= 11 is 1.56. The molecule has 7 heteroatoms. The zero-order valence-electron chi connectivity index (χ0n) is 13.3. The topological polar surface area (TPSA) is 84.6 Å². The Labute approximate surface area is 145 Å². The molecule has 2 aliphatic heterocycles. The summed E-state index contributed by atoms with van der Waals surface area (Å²) in [4.78, 5) is 28.0. The van der Waals surface area contributed by atoms with Gasteiger partial charge in [-0.2, -0.15) is 17.0 Å². The van der Waals surface area contributed by atoms with Gasteiger partial charge in [0.25, 0.3) is 5.91 Å². The Morgan fingerprint density at radius 2 is 2.08 bits per heavy atom. The lowest BCUT2D eigenvalue weighted by Crippen LogP contribution is -2.57. The molecule has 2 fully saturated rings. The fourth-order valence-electron chi connectivity index (χ4n) is 2.97. The van der Waals surface area contributed by atoms with Crippen LogP contribution in [0.5, 0.6) is 0 Å². The van der Waals surface area contributed by atoms with E-state index >= 15 is 0 Å². The van der Waals surface area contributed by atoms with E-state index in [-0.39, 0.29) is 18.4 Å². The van der Waals surface area contributed by atoms with E-state index in [2.05, 4.69) is 6.07 Å². The van der Waals surface area contributed by atoms with Crippen LogP contribution in [0.2, 0.25) is 0 Å². The highest BCUT2D eigenvalue weighted by atomic mass is 32.2. The number of hydrogen-bond acceptors (Lipinski definition) is 5. The first-order chi connectivity index (χ1) is 11.5. The molecule has 1 aromatic carbocycles. The van der Waals surface area contributed by atoms with Crippen LogP contribution in [0.4, 0.5) is 0 Å². The number of nitriles is 1. The van der Waals surface area contributed by atoms with Gasteiger partial charge in [0.1, 0.15) is 0 Å². The van der Waals surface area contributed by atoms with Crippen molar-refractivity contribution in [1.29, 1.82) is 5.26 Å². The van der Waals surface area contributed by atoms with Crippen LogP contribution in [0.25, 0.3) is 0 Å². The molecule has 24 heavy (non-hydrogen) atoms. The van der Waals surface area contributed by atoms with Gasteiger partial charge in [0.15, 0.2) is 5.60 Å². The summed E-state index contributed by atoms with van der Waals surface area (Å²) in [5, 5.41) is 19.2. The third-order valence-electron chi connectivity index (χ3n) is 4.46. The van der Waals surface area contributed by atoms with Gasteiger partial charge in [-0.15, -0.1) is 0 Å². The Morgan fingerprint density at radius 1 is 1.33 bits per heavy atom. The summed E-state index contributed by atoms with van der Waals surface area (Å²) in [5.74, 6) is 0.743. The number of carbonyl (C=O) groups excluding carboxylic acids is 2. The van der Waals surface area contributed by atoms with E-state index in [9.17, 15) is 14.7 Å². The molecular weight excluding hydrogens is 326 g/mol. The van der Waals surface area contributed by atoms with Crippen LogP contribution in [0.1, 0.15) is 17.5 Å². The van der Waals surface area contributed by atoms with Crippen LogP contribution in [0.3, 0.4) is 0 Å². The molecule has 6 nitrogen and oxygen atoms in total. The maximum atomic E-state index is 12.5. The summed E-state index contributed by atoms with van der Waals surface area (Å²) in [6, 6.07) is 9.19. The number of amides is 2. The molecule has 0 spiro atoms. The predicted molar refractivity (Wildman–Crippen MR) is 90.0 cm³/mol. The summed E-state index contributed by atoms with van der Waals surface area (Å²) in [6.45, 7) is 1.37. The highest BCUT2D eigenvalue weighted by Gasteiger charge is 2.43. The average Bonchev–Trinajstić information content (AvgIpc) is 3.04. The lowest BCUT2D eigenvalue weighted by molar-refractivity contribution is -0.156. The molecule has 2 amide bonds. The van der Waals surface area contributed by atoms with Crippen molar-refractivity contribution in [2.24, 2.45) is 0 Å². The van der Waals surface area contributed by atoms with Crippen LogP contribution >= 0.6 is 11.8 Å². The maximum Gasteiger partial charge on any atom is 0.255 e. The van der Waals surface area contributed by atoms with Crippen LogP contribution in [0.15, 0.2) is 24.3 Å². The first-order valence-electron chi connectivity index (χ1n) is 7.88. The van der Waals surface area contributed by atoms with Gasteiger partial charge in [0.2, 0.25) is 5.91 Å². The van der Waals surface area contributed by atoms with Crippen LogP contribution in [-0.4, -0.2) is 63.5 Å². The van der Waals surface area contributed by atoms with Gasteiger partial charge in [0, 0.05) is 25.4 Å².